The van der Waals surface area contributed by atoms with Crippen LogP contribution in [-0.2, 0) is 22.6 Å². The molecule has 1 aliphatic rings. The number of nitro benzene ring substituents is 1. The molecule has 1 amide bonds. The van der Waals surface area contributed by atoms with Gasteiger partial charge in [-0.2, -0.15) is 0 Å². The lowest BCUT2D eigenvalue weighted by Gasteiger charge is -2.16. The lowest BCUT2D eigenvalue weighted by molar-refractivity contribution is -0.384. The minimum atomic E-state index is -0.437. The van der Waals surface area contributed by atoms with Crippen LogP contribution in [-0.4, -0.2) is 65.7 Å². The third-order valence-corrected chi connectivity index (χ3v) is 8.02. The number of rotatable bonds is 17. The molecular weight excluding hydrogens is 588 g/mol. The Morgan fingerprint density at radius 2 is 1.76 bits per heavy atom. The average Bonchev–Trinajstić information content (AvgIpc) is 3.42. The molecule has 1 aromatic heterocycles. The predicted octanol–water partition coefficient (Wildman–Crippen LogP) is 6.22. The van der Waals surface area contributed by atoms with E-state index in [1.165, 1.54) is 12.1 Å². The van der Waals surface area contributed by atoms with Crippen molar-refractivity contribution < 1.29 is 23.9 Å². The number of aromatic nitrogens is 1. The van der Waals surface area contributed by atoms with E-state index in [9.17, 15) is 19.7 Å². The van der Waals surface area contributed by atoms with Crippen LogP contribution in [0.3, 0.4) is 0 Å². The number of non-ortho nitro benzene ring substituents is 1. The molecule has 0 saturated carbocycles. The number of cyclic esters (lactones) is 1. The van der Waals surface area contributed by atoms with Gasteiger partial charge in [-0.15, -0.1) is 0 Å². The topological polar surface area (TPSA) is 127 Å². The van der Waals surface area contributed by atoms with Gasteiger partial charge in [-0.05, 0) is 43.1 Å². The minimum Gasteiger partial charge on any atom is -0.487 e. The fourth-order valence-electron chi connectivity index (χ4n) is 5.58. The molecule has 11 heteroatoms. The van der Waals surface area contributed by atoms with Gasteiger partial charge in [0.15, 0.2) is 0 Å². The molecule has 11 nitrogen and oxygen atoms in total. The van der Waals surface area contributed by atoms with Crippen molar-refractivity contribution in [2.24, 2.45) is 0 Å². The summed E-state index contributed by atoms with van der Waals surface area (Å²) in [5.74, 6) is 0.568. The number of unbranched alkanes of at least 4 members (excludes halogenated alkanes) is 3. The summed E-state index contributed by atoms with van der Waals surface area (Å²) in [5.41, 5.74) is 3.22. The number of benzene rings is 3. The van der Waals surface area contributed by atoms with Crippen LogP contribution >= 0.6 is 0 Å². The summed E-state index contributed by atoms with van der Waals surface area (Å²) in [4.78, 5) is 42.2. The van der Waals surface area contributed by atoms with Gasteiger partial charge in [0.25, 0.3) is 5.69 Å². The Kier molecular flexibility index (Phi) is 11.4. The number of fused-ring (bicyclic) bond motifs is 1. The fraction of sp³-hybridized carbons (Fsp3) is 0.371. The van der Waals surface area contributed by atoms with Crippen LogP contribution < -0.4 is 10.3 Å². The molecule has 0 radical (unpaired) electrons. The normalized spacial score (nSPS) is 14.6. The van der Waals surface area contributed by atoms with Gasteiger partial charge in [0, 0.05) is 55.4 Å². The van der Waals surface area contributed by atoms with Crippen LogP contribution in [0.4, 0.5) is 10.5 Å². The van der Waals surface area contributed by atoms with Gasteiger partial charge in [0.1, 0.15) is 18.5 Å². The number of hydrogen-bond acceptors (Lipinski definition) is 8. The van der Waals surface area contributed by atoms with E-state index in [0.29, 0.717) is 50.7 Å². The number of hydrogen-bond donors (Lipinski definition) is 1. The standard InChI is InChI=1S/C35H40N4O7/c1-37(23-27-12-9-13-28(22-27)39(42)43)19-21-44-20-8-3-2-7-18-38-24-32(46-35(38)41)29-14-16-31(34-30(29)15-17-33(40)36-34)45-25-26-10-5-4-6-11-26/h4-6,9-17,22,32H,2-3,7-8,18-21,23-25H2,1H3,(H,36,40). The molecule has 0 spiro atoms. The van der Waals surface area contributed by atoms with E-state index in [-0.39, 0.29) is 22.3 Å². The summed E-state index contributed by atoms with van der Waals surface area (Å²) < 4.78 is 17.6. The number of ether oxygens (including phenoxy) is 3. The highest BCUT2D eigenvalue weighted by molar-refractivity contribution is 5.88. The molecule has 1 N–H and O–H groups in total. The molecule has 1 fully saturated rings. The number of amides is 1. The van der Waals surface area contributed by atoms with Gasteiger partial charge in [0.2, 0.25) is 5.56 Å². The van der Waals surface area contributed by atoms with Crippen LogP contribution in [0.1, 0.15) is 48.5 Å². The maximum absolute atomic E-state index is 12.7. The zero-order valence-electron chi connectivity index (χ0n) is 26.1. The highest BCUT2D eigenvalue weighted by atomic mass is 16.6. The lowest BCUT2D eigenvalue weighted by atomic mass is 10.0. The molecule has 1 saturated heterocycles. The van der Waals surface area contributed by atoms with Crippen LogP contribution in [0.2, 0.25) is 0 Å². The van der Waals surface area contributed by atoms with Crippen molar-refractivity contribution >= 4 is 22.7 Å². The number of carbonyl (C=O) groups excluding carboxylic acids is 1. The third kappa shape index (κ3) is 8.92. The first-order valence-corrected chi connectivity index (χ1v) is 15.7. The van der Waals surface area contributed by atoms with Crippen molar-refractivity contribution in [3.63, 3.8) is 0 Å². The molecule has 0 aliphatic carbocycles. The Bertz CT molecular complexity index is 1680. The number of H-pyrrole nitrogens is 1. The second-order valence-electron chi connectivity index (χ2n) is 11.5. The van der Waals surface area contributed by atoms with Crippen molar-refractivity contribution in [2.75, 3.05) is 39.9 Å². The summed E-state index contributed by atoms with van der Waals surface area (Å²) >= 11 is 0. The van der Waals surface area contributed by atoms with Gasteiger partial charge >= 0.3 is 6.09 Å². The van der Waals surface area contributed by atoms with Crippen LogP contribution in [0.5, 0.6) is 5.75 Å². The molecule has 5 rings (SSSR count). The van der Waals surface area contributed by atoms with Gasteiger partial charge in [-0.3, -0.25) is 19.8 Å². The second kappa shape index (κ2) is 16.0. The Hall–Kier alpha value is -4.74. The molecule has 1 aliphatic heterocycles. The molecular formula is C35H40N4O7. The van der Waals surface area contributed by atoms with Gasteiger partial charge in [-0.25, -0.2) is 4.79 Å². The number of carbonyl (C=O) groups is 1. The second-order valence-corrected chi connectivity index (χ2v) is 11.5. The Morgan fingerprint density at radius 1 is 0.957 bits per heavy atom. The smallest absolute Gasteiger partial charge is 0.410 e. The van der Waals surface area contributed by atoms with Crippen molar-refractivity contribution in [1.82, 2.24) is 14.8 Å². The molecule has 4 aromatic rings. The summed E-state index contributed by atoms with van der Waals surface area (Å²) in [6, 6.07) is 23.5. The average molecular weight is 629 g/mol. The maximum Gasteiger partial charge on any atom is 0.410 e. The van der Waals surface area contributed by atoms with E-state index >= 15 is 0 Å². The Labute approximate surface area is 267 Å². The van der Waals surface area contributed by atoms with E-state index in [1.54, 1.807) is 23.1 Å². The van der Waals surface area contributed by atoms with Crippen LogP contribution in [0, 0.1) is 10.1 Å². The van der Waals surface area contributed by atoms with Gasteiger partial charge in [0.05, 0.1) is 23.6 Å². The Morgan fingerprint density at radius 3 is 2.59 bits per heavy atom. The first kappa shape index (κ1) is 32.6. The van der Waals surface area contributed by atoms with Crippen molar-refractivity contribution in [3.05, 3.63) is 116 Å². The third-order valence-electron chi connectivity index (χ3n) is 8.02. The molecule has 46 heavy (non-hydrogen) atoms. The number of nitrogens with zero attached hydrogens (tertiary/aromatic N) is 3. The number of nitro groups is 1. The maximum atomic E-state index is 12.7. The number of pyridine rings is 1. The predicted molar refractivity (Wildman–Crippen MR) is 175 cm³/mol. The highest BCUT2D eigenvalue weighted by Crippen LogP contribution is 2.35. The molecule has 1 atom stereocenters. The van der Waals surface area contributed by atoms with Crippen LogP contribution in [0.15, 0.2) is 83.7 Å². The van der Waals surface area contributed by atoms with Crippen LogP contribution in [0.25, 0.3) is 10.9 Å². The quantitative estimate of drug-likeness (QED) is 0.0830. The van der Waals surface area contributed by atoms with Crippen molar-refractivity contribution in [2.45, 2.75) is 44.9 Å². The van der Waals surface area contributed by atoms with Crippen molar-refractivity contribution in [3.8, 4) is 5.75 Å². The highest BCUT2D eigenvalue weighted by Gasteiger charge is 2.33. The summed E-state index contributed by atoms with van der Waals surface area (Å²) in [7, 11) is 1.97. The van der Waals surface area contributed by atoms with Gasteiger partial charge < -0.3 is 24.1 Å². The van der Waals surface area contributed by atoms with E-state index < -0.39 is 6.10 Å². The molecule has 0 bridgehead atoms. The first-order valence-electron chi connectivity index (χ1n) is 15.7. The van der Waals surface area contributed by atoms with E-state index in [2.05, 4.69) is 9.88 Å². The molecule has 242 valence electrons. The minimum absolute atomic E-state index is 0.103. The number of nitrogens with one attached hydrogen (secondary N) is 1. The zero-order chi connectivity index (χ0) is 32.3. The van der Waals surface area contributed by atoms with E-state index in [0.717, 1.165) is 54.3 Å². The zero-order valence-corrected chi connectivity index (χ0v) is 26.1. The molecule has 2 heterocycles. The fourth-order valence-corrected chi connectivity index (χ4v) is 5.58. The lowest BCUT2D eigenvalue weighted by Crippen LogP contribution is -2.25. The summed E-state index contributed by atoms with van der Waals surface area (Å²) in [5, 5.41) is 11.8. The Balaban J connectivity index is 1.01. The largest absolute Gasteiger partial charge is 0.487 e. The summed E-state index contributed by atoms with van der Waals surface area (Å²) in [6.45, 7) is 4.04. The molecule has 3 aromatic carbocycles. The number of aromatic amines is 1. The molecule has 1 unspecified atom stereocenters. The summed E-state index contributed by atoms with van der Waals surface area (Å²) in [6.07, 6.45) is 3.01. The van der Waals surface area contributed by atoms with E-state index in [4.69, 9.17) is 14.2 Å². The van der Waals surface area contributed by atoms with E-state index in [1.807, 2.05) is 55.6 Å². The monoisotopic (exact) mass is 628 g/mol. The number of likely N-dealkylation sites (N-methyl/N-ethyl adjacent to an activating group) is 1. The van der Waals surface area contributed by atoms with Gasteiger partial charge in [-0.1, -0.05) is 61.4 Å². The van der Waals surface area contributed by atoms with Crippen molar-refractivity contribution in [1.29, 1.82) is 0 Å². The SMILES string of the molecule is CN(CCOCCCCCCN1CC(c2ccc(OCc3ccccc3)c3[nH]c(=O)ccc23)OC1=O)Cc1cccc([N+](=O)[O-])c1. The first-order chi connectivity index (χ1) is 22.4.